The van der Waals surface area contributed by atoms with E-state index in [-0.39, 0.29) is 5.11 Å². The average Bonchev–Trinajstić information content (AvgIpc) is 2.82. The molecule has 2 aromatic carbocycles. The molecule has 0 spiro atoms. The molecule has 3 aromatic rings. The van der Waals surface area contributed by atoms with Crippen molar-refractivity contribution in [2.24, 2.45) is 10.8 Å². The van der Waals surface area contributed by atoms with Crippen LogP contribution in [0.3, 0.4) is 0 Å². The number of hydrogen-bond acceptors (Lipinski definition) is 7. The van der Waals surface area contributed by atoms with E-state index in [0.717, 1.165) is 34.7 Å². The quantitative estimate of drug-likeness (QED) is 0.144. The number of nitrogens with zero attached hydrogens (tertiary/aromatic N) is 4. The third kappa shape index (κ3) is 6.03. The van der Waals surface area contributed by atoms with Gasteiger partial charge in [0.05, 0.1) is 11.4 Å². The Bertz CT molecular complexity index is 1150. The van der Waals surface area contributed by atoms with Crippen molar-refractivity contribution in [1.82, 2.24) is 15.4 Å². The van der Waals surface area contributed by atoms with Gasteiger partial charge in [0.15, 0.2) is 16.1 Å². The largest absolute Gasteiger partial charge is 0.375 e. The molecule has 0 fully saturated rings. The van der Waals surface area contributed by atoms with Gasteiger partial charge in [0.1, 0.15) is 11.6 Å². The Labute approximate surface area is 197 Å². The molecule has 0 aliphatic rings. The van der Waals surface area contributed by atoms with Gasteiger partial charge in [0.25, 0.3) is 0 Å². The summed E-state index contributed by atoms with van der Waals surface area (Å²) in [5, 5.41) is 18.1. The van der Waals surface area contributed by atoms with Crippen LogP contribution in [0.5, 0.6) is 0 Å². The molecule has 1 heterocycles. The number of hydrazone groups is 1. The van der Waals surface area contributed by atoms with Crippen LogP contribution in [0, 0.1) is 11.3 Å². The number of thioether (sulfide) groups is 1. The number of anilines is 2. The molecule has 0 saturated carbocycles. The molecule has 162 valence electrons. The van der Waals surface area contributed by atoms with Crippen molar-refractivity contribution in [2.75, 3.05) is 11.1 Å². The van der Waals surface area contributed by atoms with Gasteiger partial charge < -0.3 is 11.1 Å². The molecule has 1 aromatic heterocycles. The number of nitrogens with two attached hydrogens (primary N) is 1. The van der Waals surface area contributed by atoms with Crippen LogP contribution in [0.25, 0.3) is 11.3 Å². The maximum Gasteiger partial charge on any atom is 0.190 e. The van der Waals surface area contributed by atoms with Gasteiger partial charge in [0, 0.05) is 17.0 Å². The van der Waals surface area contributed by atoms with E-state index in [1.54, 1.807) is 11.8 Å². The normalized spacial score (nSPS) is 11.0. The Hall–Kier alpha value is -3.48. The van der Waals surface area contributed by atoms with Crippen LogP contribution in [-0.4, -0.2) is 26.5 Å². The minimum absolute atomic E-state index is 0.112. The monoisotopic (exact) mass is 461 g/mol. The van der Waals surface area contributed by atoms with E-state index in [2.05, 4.69) is 38.8 Å². The number of rotatable bonds is 8. The Morgan fingerprint density at radius 3 is 2.50 bits per heavy atom. The van der Waals surface area contributed by atoms with Crippen LogP contribution in [0.1, 0.15) is 31.4 Å². The lowest BCUT2D eigenvalue weighted by Gasteiger charge is -2.13. The molecule has 0 bridgehead atoms. The standard InChI is InChI=1S/C23H23N7S2/c1-3-13-32-23-27-20(17-7-5-4-6-8-17)19(14-24)21(28-23)26-18-11-9-16(10-12-18)15(2)29-30-22(25)31/h4-12H,3,13H2,1-2H3,(H3,25,30,31)(H,26,27,28)/b29-15-. The zero-order valence-electron chi connectivity index (χ0n) is 17.8. The molecule has 0 unspecified atom stereocenters. The second kappa shape index (κ2) is 11.2. The van der Waals surface area contributed by atoms with E-state index >= 15 is 0 Å². The maximum atomic E-state index is 9.91. The first-order valence-electron chi connectivity index (χ1n) is 9.99. The topological polar surface area (TPSA) is 112 Å². The summed E-state index contributed by atoms with van der Waals surface area (Å²) in [7, 11) is 0. The lowest BCUT2D eigenvalue weighted by molar-refractivity contribution is 0.966. The van der Waals surface area contributed by atoms with E-state index in [0.29, 0.717) is 22.2 Å². The summed E-state index contributed by atoms with van der Waals surface area (Å²) in [5.74, 6) is 1.38. The Morgan fingerprint density at radius 1 is 1.16 bits per heavy atom. The smallest absolute Gasteiger partial charge is 0.190 e. The highest BCUT2D eigenvalue weighted by atomic mass is 32.2. The first-order valence-corrected chi connectivity index (χ1v) is 11.4. The highest BCUT2D eigenvalue weighted by molar-refractivity contribution is 7.99. The van der Waals surface area contributed by atoms with Crippen molar-refractivity contribution in [3.05, 3.63) is 65.7 Å². The van der Waals surface area contributed by atoms with Crippen molar-refractivity contribution in [1.29, 1.82) is 5.26 Å². The third-order valence-electron chi connectivity index (χ3n) is 4.38. The summed E-state index contributed by atoms with van der Waals surface area (Å²) in [6, 6.07) is 19.6. The van der Waals surface area contributed by atoms with Gasteiger partial charge in [-0.1, -0.05) is 61.2 Å². The number of thiocarbonyl (C=S) groups is 1. The molecule has 3 rings (SSSR count). The Morgan fingerprint density at radius 2 is 1.88 bits per heavy atom. The van der Waals surface area contributed by atoms with Crippen molar-refractivity contribution in [3.8, 4) is 17.3 Å². The van der Waals surface area contributed by atoms with Crippen LogP contribution < -0.4 is 16.5 Å². The number of benzene rings is 2. The summed E-state index contributed by atoms with van der Waals surface area (Å²) < 4.78 is 0. The van der Waals surface area contributed by atoms with E-state index in [4.69, 9.17) is 18.0 Å². The summed E-state index contributed by atoms with van der Waals surface area (Å²) >= 11 is 6.35. The number of nitriles is 1. The summed E-state index contributed by atoms with van der Waals surface area (Å²) in [6.45, 7) is 3.96. The number of aromatic nitrogens is 2. The minimum atomic E-state index is 0.112. The zero-order valence-corrected chi connectivity index (χ0v) is 19.4. The van der Waals surface area contributed by atoms with Gasteiger partial charge in [-0.15, -0.1) is 0 Å². The fourth-order valence-electron chi connectivity index (χ4n) is 2.83. The van der Waals surface area contributed by atoms with Crippen molar-refractivity contribution in [3.63, 3.8) is 0 Å². The first kappa shape index (κ1) is 23.2. The summed E-state index contributed by atoms with van der Waals surface area (Å²) in [6.07, 6.45) is 1.00. The third-order valence-corrected chi connectivity index (χ3v) is 5.53. The SMILES string of the molecule is CCCSc1nc(Nc2ccc(/C(C)=N\NC(N)=S)cc2)c(C#N)c(-c2ccccc2)n1. The second-order valence-electron chi connectivity index (χ2n) is 6.78. The highest BCUT2D eigenvalue weighted by Gasteiger charge is 2.16. The molecule has 32 heavy (non-hydrogen) atoms. The predicted molar refractivity (Wildman–Crippen MR) is 135 cm³/mol. The van der Waals surface area contributed by atoms with Gasteiger partial charge in [-0.25, -0.2) is 9.97 Å². The van der Waals surface area contributed by atoms with E-state index in [9.17, 15) is 5.26 Å². The molecule has 0 aliphatic carbocycles. The van der Waals surface area contributed by atoms with E-state index in [1.807, 2.05) is 61.5 Å². The molecule has 7 nitrogen and oxygen atoms in total. The highest BCUT2D eigenvalue weighted by Crippen LogP contribution is 2.30. The van der Waals surface area contributed by atoms with E-state index < -0.39 is 0 Å². The van der Waals surface area contributed by atoms with Crippen LogP contribution in [0.4, 0.5) is 11.5 Å². The predicted octanol–water partition coefficient (Wildman–Crippen LogP) is 4.82. The summed E-state index contributed by atoms with van der Waals surface area (Å²) in [5.41, 5.74) is 12.3. The molecular formula is C23H23N7S2. The number of hydrogen-bond donors (Lipinski definition) is 3. The zero-order chi connectivity index (χ0) is 22.9. The van der Waals surface area contributed by atoms with Crippen LogP contribution in [-0.2, 0) is 0 Å². The minimum Gasteiger partial charge on any atom is -0.375 e. The van der Waals surface area contributed by atoms with Gasteiger partial charge in [-0.05, 0) is 43.3 Å². The van der Waals surface area contributed by atoms with Gasteiger partial charge >= 0.3 is 0 Å². The number of nitrogens with one attached hydrogen (secondary N) is 2. The molecule has 0 radical (unpaired) electrons. The summed E-state index contributed by atoms with van der Waals surface area (Å²) in [4.78, 5) is 9.30. The molecular weight excluding hydrogens is 438 g/mol. The second-order valence-corrected chi connectivity index (χ2v) is 8.28. The molecule has 0 saturated heterocycles. The molecule has 0 aliphatic heterocycles. The molecule has 4 N–H and O–H groups in total. The fourth-order valence-corrected chi connectivity index (χ4v) is 3.58. The molecule has 0 amide bonds. The average molecular weight is 462 g/mol. The van der Waals surface area contributed by atoms with Gasteiger partial charge in [0.2, 0.25) is 0 Å². The van der Waals surface area contributed by atoms with E-state index in [1.165, 1.54) is 0 Å². The Kier molecular flexibility index (Phi) is 8.14. The maximum absolute atomic E-state index is 9.91. The molecule has 9 heteroatoms. The Balaban J connectivity index is 1.95. The van der Waals surface area contributed by atoms with Gasteiger partial charge in [-0.2, -0.15) is 10.4 Å². The van der Waals surface area contributed by atoms with Crippen molar-refractivity contribution >= 4 is 46.3 Å². The van der Waals surface area contributed by atoms with Crippen LogP contribution >= 0.6 is 24.0 Å². The lowest BCUT2D eigenvalue weighted by Crippen LogP contribution is -2.25. The fraction of sp³-hybridized carbons (Fsp3) is 0.174. The van der Waals surface area contributed by atoms with Gasteiger partial charge in [-0.3, -0.25) is 5.43 Å². The van der Waals surface area contributed by atoms with Crippen molar-refractivity contribution < 1.29 is 0 Å². The van der Waals surface area contributed by atoms with Crippen LogP contribution in [0.2, 0.25) is 0 Å². The lowest BCUT2D eigenvalue weighted by atomic mass is 10.1. The molecule has 0 atom stereocenters. The van der Waals surface area contributed by atoms with Crippen molar-refractivity contribution in [2.45, 2.75) is 25.4 Å². The first-order chi connectivity index (χ1) is 15.5. The van der Waals surface area contributed by atoms with Crippen LogP contribution in [0.15, 0.2) is 64.9 Å².